The van der Waals surface area contributed by atoms with Gasteiger partial charge in [0.05, 0.1) is 24.3 Å². The van der Waals surface area contributed by atoms with Crippen LogP contribution in [0.2, 0.25) is 0 Å². The van der Waals surface area contributed by atoms with Crippen molar-refractivity contribution in [2.75, 3.05) is 31.6 Å². The molecule has 1 aliphatic rings. The number of benzene rings is 2. The summed E-state index contributed by atoms with van der Waals surface area (Å²) >= 11 is 0. The van der Waals surface area contributed by atoms with E-state index < -0.39 is 10.0 Å². The van der Waals surface area contributed by atoms with Gasteiger partial charge in [0.1, 0.15) is 11.5 Å². The van der Waals surface area contributed by atoms with E-state index in [0.717, 1.165) is 0 Å². The van der Waals surface area contributed by atoms with Gasteiger partial charge in [0.15, 0.2) is 0 Å². The molecule has 2 aromatic carbocycles. The highest BCUT2D eigenvalue weighted by Gasteiger charge is 2.28. The summed E-state index contributed by atoms with van der Waals surface area (Å²) in [6, 6.07) is 15.1. The Hall–Kier alpha value is -3.27. The van der Waals surface area contributed by atoms with E-state index in [9.17, 15) is 13.2 Å². The number of hydrogen-bond donors (Lipinski definition) is 1. The first-order chi connectivity index (χ1) is 15.4. The minimum atomic E-state index is -3.67. The van der Waals surface area contributed by atoms with Crippen molar-refractivity contribution >= 4 is 21.6 Å². The summed E-state index contributed by atoms with van der Waals surface area (Å²) < 4.78 is 38.4. The lowest BCUT2D eigenvalue weighted by atomic mass is 10.2. The molecule has 9 heteroatoms. The summed E-state index contributed by atoms with van der Waals surface area (Å²) in [7, 11) is -3.67. The topological polar surface area (TPSA) is 97.8 Å². The van der Waals surface area contributed by atoms with Crippen molar-refractivity contribution < 1.29 is 22.7 Å². The third-order valence-corrected chi connectivity index (χ3v) is 7.06. The van der Waals surface area contributed by atoms with Crippen LogP contribution in [0.4, 0.5) is 5.69 Å². The lowest BCUT2D eigenvalue weighted by Gasteiger charge is -2.26. The molecule has 1 saturated heterocycles. The summed E-state index contributed by atoms with van der Waals surface area (Å²) in [6.07, 6.45) is 3.25. The summed E-state index contributed by atoms with van der Waals surface area (Å²) in [5.41, 5.74) is 1.44. The molecular weight excluding hydrogens is 430 g/mol. The molecule has 3 aromatic rings. The molecule has 0 atom stereocenters. The summed E-state index contributed by atoms with van der Waals surface area (Å²) in [5, 5.41) is 2.77. The number of pyridine rings is 1. The fourth-order valence-corrected chi connectivity index (χ4v) is 4.96. The maximum Gasteiger partial charge on any atom is 0.255 e. The standard InChI is InChI=1S/C23H23N3O5S/c1-17-4-7-19(15-22(17)32(28,29)26-11-13-30-14-12-26)25-23(27)18-5-8-20(9-6-18)31-21-3-2-10-24-16-21/h2-10,15-16H,11-14H2,1H3,(H,25,27). The summed E-state index contributed by atoms with van der Waals surface area (Å²) in [5.74, 6) is 0.818. The van der Waals surface area contributed by atoms with E-state index in [1.165, 1.54) is 10.4 Å². The van der Waals surface area contributed by atoms with Gasteiger partial charge in [-0.2, -0.15) is 4.31 Å². The minimum absolute atomic E-state index is 0.178. The SMILES string of the molecule is Cc1ccc(NC(=O)c2ccc(Oc3cccnc3)cc2)cc1S(=O)(=O)N1CCOCC1. The molecule has 1 amide bonds. The van der Waals surface area contributed by atoms with Crippen molar-refractivity contribution in [3.8, 4) is 11.5 Å². The average Bonchev–Trinajstić information content (AvgIpc) is 2.82. The molecule has 166 valence electrons. The van der Waals surface area contributed by atoms with Crippen LogP contribution in [-0.4, -0.2) is 49.9 Å². The van der Waals surface area contributed by atoms with E-state index in [1.807, 2.05) is 0 Å². The van der Waals surface area contributed by atoms with Crippen LogP contribution in [0.5, 0.6) is 11.5 Å². The monoisotopic (exact) mass is 453 g/mol. The molecule has 2 heterocycles. The Balaban J connectivity index is 1.48. The fourth-order valence-electron chi connectivity index (χ4n) is 3.30. The first kappa shape index (κ1) is 21.9. The van der Waals surface area contributed by atoms with Crippen LogP contribution >= 0.6 is 0 Å². The van der Waals surface area contributed by atoms with Gasteiger partial charge in [0.2, 0.25) is 10.0 Å². The van der Waals surface area contributed by atoms with E-state index in [1.54, 1.807) is 67.8 Å². The second-order valence-electron chi connectivity index (χ2n) is 7.27. The number of hydrogen-bond acceptors (Lipinski definition) is 6. The number of rotatable bonds is 6. The third kappa shape index (κ3) is 4.96. The number of sulfonamides is 1. The first-order valence-electron chi connectivity index (χ1n) is 10.1. The Kier molecular flexibility index (Phi) is 6.50. The molecule has 4 rings (SSSR count). The van der Waals surface area contributed by atoms with E-state index in [-0.39, 0.29) is 10.8 Å². The molecule has 32 heavy (non-hydrogen) atoms. The van der Waals surface area contributed by atoms with Crippen LogP contribution in [0, 0.1) is 6.92 Å². The number of aryl methyl sites for hydroxylation is 1. The molecule has 0 radical (unpaired) electrons. The Morgan fingerprint density at radius 3 is 2.50 bits per heavy atom. The summed E-state index contributed by atoms with van der Waals surface area (Å²) in [4.78, 5) is 16.9. The predicted molar refractivity (Wildman–Crippen MR) is 119 cm³/mol. The van der Waals surface area contributed by atoms with Gasteiger partial charge in [0, 0.05) is 30.5 Å². The number of aromatic nitrogens is 1. The largest absolute Gasteiger partial charge is 0.456 e. The van der Waals surface area contributed by atoms with Crippen molar-refractivity contribution in [3.05, 3.63) is 78.1 Å². The van der Waals surface area contributed by atoms with Gasteiger partial charge < -0.3 is 14.8 Å². The van der Waals surface area contributed by atoms with E-state index in [0.29, 0.717) is 54.6 Å². The number of carbonyl (C=O) groups is 1. The van der Waals surface area contributed by atoms with E-state index >= 15 is 0 Å². The number of nitrogens with one attached hydrogen (secondary N) is 1. The van der Waals surface area contributed by atoms with E-state index in [2.05, 4.69) is 10.3 Å². The average molecular weight is 454 g/mol. The number of amides is 1. The van der Waals surface area contributed by atoms with Crippen LogP contribution in [0.3, 0.4) is 0 Å². The minimum Gasteiger partial charge on any atom is -0.456 e. The zero-order valence-electron chi connectivity index (χ0n) is 17.5. The first-order valence-corrected chi connectivity index (χ1v) is 11.6. The van der Waals surface area contributed by atoms with Crippen LogP contribution in [0.25, 0.3) is 0 Å². The Morgan fingerprint density at radius 1 is 1.06 bits per heavy atom. The zero-order chi connectivity index (χ0) is 22.6. The van der Waals surface area contributed by atoms with Gasteiger partial charge in [-0.05, 0) is 61.0 Å². The fraction of sp³-hybridized carbons (Fsp3) is 0.217. The van der Waals surface area contributed by atoms with Gasteiger partial charge in [-0.1, -0.05) is 6.07 Å². The summed E-state index contributed by atoms with van der Waals surface area (Å²) in [6.45, 7) is 3.10. The van der Waals surface area contributed by atoms with E-state index in [4.69, 9.17) is 9.47 Å². The smallest absolute Gasteiger partial charge is 0.255 e. The van der Waals surface area contributed by atoms with Crippen LogP contribution in [0.1, 0.15) is 15.9 Å². The quantitative estimate of drug-likeness (QED) is 0.614. The highest BCUT2D eigenvalue weighted by atomic mass is 32.2. The number of anilines is 1. The Labute approximate surface area is 186 Å². The molecular formula is C23H23N3O5S. The molecule has 1 N–H and O–H groups in total. The van der Waals surface area contributed by atoms with Gasteiger partial charge in [-0.25, -0.2) is 8.42 Å². The Bertz CT molecular complexity index is 1190. The maximum atomic E-state index is 13.0. The zero-order valence-corrected chi connectivity index (χ0v) is 18.3. The third-order valence-electron chi connectivity index (χ3n) is 5.02. The number of morpholine rings is 1. The highest BCUT2D eigenvalue weighted by molar-refractivity contribution is 7.89. The van der Waals surface area contributed by atoms with Crippen LogP contribution in [0.15, 0.2) is 71.9 Å². The second kappa shape index (κ2) is 9.47. The number of ether oxygens (including phenoxy) is 2. The molecule has 1 fully saturated rings. The highest BCUT2D eigenvalue weighted by Crippen LogP contribution is 2.25. The number of carbonyl (C=O) groups excluding carboxylic acids is 1. The molecule has 8 nitrogen and oxygen atoms in total. The predicted octanol–water partition coefficient (Wildman–Crippen LogP) is 3.46. The van der Waals surface area contributed by atoms with Crippen molar-refractivity contribution in [2.45, 2.75) is 11.8 Å². The van der Waals surface area contributed by atoms with Gasteiger partial charge in [-0.15, -0.1) is 0 Å². The van der Waals surface area contributed by atoms with Crippen LogP contribution < -0.4 is 10.1 Å². The lowest BCUT2D eigenvalue weighted by Crippen LogP contribution is -2.40. The second-order valence-corrected chi connectivity index (χ2v) is 9.17. The lowest BCUT2D eigenvalue weighted by molar-refractivity contribution is 0.0730. The molecule has 0 aliphatic carbocycles. The van der Waals surface area contributed by atoms with Crippen LogP contribution in [-0.2, 0) is 14.8 Å². The molecule has 1 aromatic heterocycles. The molecule has 0 spiro atoms. The van der Waals surface area contributed by atoms with Crippen molar-refractivity contribution in [2.24, 2.45) is 0 Å². The van der Waals surface area contributed by atoms with Crippen molar-refractivity contribution in [3.63, 3.8) is 0 Å². The van der Waals surface area contributed by atoms with Gasteiger partial charge in [-0.3, -0.25) is 9.78 Å². The van der Waals surface area contributed by atoms with Crippen molar-refractivity contribution in [1.82, 2.24) is 9.29 Å². The molecule has 0 unspecified atom stereocenters. The number of nitrogens with zero attached hydrogens (tertiary/aromatic N) is 2. The van der Waals surface area contributed by atoms with Crippen molar-refractivity contribution in [1.29, 1.82) is 0 Å². The normalized spacial score (nSPS) is 14.7. The molecule has 1 aliphatic heterocycles. The van der Waals surface area contributed by atoms with Gasteiger partial charge in [0.25, 0.3) is 5.91 Å². The molecule has 0 saturated carbocycles. The Morgan fingerprint density at radius 2 is 1.81 bits per heavy atom. The van der Waals surface area contributed by atoms with Gasteiger partial charge >= 0.3 is 0 Å². The molecule has 0 bridgehead atoms. The maximum absolute atomic E-state index is 13.0.